The fourth-order valence-electron chi connectivity index (χ4n) is 2.78. The number of hydrogen-bond donors (Lipinski definition) is 1. The van der Waals surface area contributed by atoms with Crippen LogP contribution in [0, 0.1) is 10.1 Å². The van der Waals surface area contributed by atoms with Crippen molar-refractivity contribution < 1.29 is 9.72 Å². The van der Waals surface area contributed by atoms with Crippen LogP contribution in [0.2, 0.25) is 0 Å². The molecule has 3 aromatic rings. The van der Waals surface area contributed by atoms with E-state index in [1.165, 1.54) is 30.3 Å². The summed E-state index contributed by atoms with van der Waals surface area (Å²) in [6.45, 7) is 3.90. The van der Waals surface area contributed by atoms with Gasteiger partial charge in [-0.05, 0) is 29.7 Å². The molecule has 0 bridgehead atoms. The fourth-order valence-corrected chi connectivity index (χ4v) is 2.78. The Bertz CT molecular complexity index is 1100. The first kappa shape index (κ1) is 19.9. The SMILES string of the molecule is CC(C)c1ccc(NC(=O)Cn2nc(-c3cccc([N+](=O)[O-])c3)ccc2=O)cc1. The van der Waals surface area contributed by atoms with Crippen LogP contribution in [0.1, 0.15) is 25.3 Å². The molecule has 0 saturated heterocycles. The molecule has 3 rings (SSSR count). The van der Waals surface area contributed by atoms with Gasteiger partial charge < -0.3 is 5.32 Å². The van der Waals surface area contributed by atoms with Gasteiger partial charge in [0.2, 0.25) is 5.91 Å². The van der Waals surface area contributed by atoms with E-state index in [9.17, 15) is 19.7 Å². The molecule has 0 aliphatic carbocycles. The topological polar surface area (TPSA) is 107 Å². The van der Waals surface area contributed by atoms with Gasteiger partial charge in [-0.15, -0.1) is 0 Å². The van der Waals surface area contributed by atoms with Gasteiger partial charge in [0.05, 0.1) is 10.6 Å². The largest absolute Gasteiger partial charge is 0.324 e. The summed E-state index contributed by atoms with van der Waals surface area (Å²) in [6, 6.07) is 16.2. The normalized spacial score (nSPS) is 10.7. The standard InChI is InChI=1S/C21H20N4O4/c1-14(2)15-6-8-17(9-7-15)22-20(26)13-24-21(27)11-10-19(23-24)16-4-3-5-18(12-16)25(28)29/h3-12,14H,13H2,1-2H3,(H,22,26). The minimum absolute atomic E-state index is 0.0790. The number of amides is 1. The van der Waals surface area contributed by atoms with Crippen LogP contribution in [-0.4, -0.2) is 20.6 Å². The van der Waals surface area contributed by atoms with Crippen LogP contribution in [0.15, 0.2) is 65.5 Å². The molecule has 0 spiro atoms. The van der Waals surface area contributed by atoms with Crippen LogP contribution in [-0.2, 0) is 11.3 Å². The summed E-state index contributed by atoms with van der Waals surface area (Å²) in [4.78, 5) is 34.9. The number of aromatic nitrogens is 2. The Morgan fingerprint density at radius 3 is 2.52 bits per heavy atom. The third-order valence-electron chi connectivity index (χ3n) is 4.37. The monoisotopic (exact) mass is 392 g/mol. The number of carbonyl (C=O) groups is 1. The molecule has 1 aromatic heterocycles. The van der Waals surface area contributed by atoms with Gasteiger partial charge in [0, 0.05) is 29.4 Å². The molecule has 1 heterocycles. The van der Waals surface area contributed by atoms with Gasteiger partial charge in [-0.2, -0.15) is 5.10 Å². The van der Waals surface area contributed by atoms with Crippen molar-refractivity contribution >= 4 is 17.3 Å². The molecule has 1 amide bonds. The van der Waals surface area contributed by atoms with Crippen LogP contribution >= 0.6 is 0 Å². The van der Waals surface area contributed by atoms with E-state index >= 15 is 0 Å². The van der Waals surface area contributed by atoms with E-state index in [1.807, 2.05) is 24.3 Å². The third kappa shape index (κ3) is 4.92. The number of non-ortho nitro benzene ring substituents is 1. The van der Waals surface area contributed by atoms with Gasteiger partial charge in [0.1, 0.15) is 6.54 Å². The molecular weight excluding hydrogens is 372 g/mol. The highest BCUT2D eigenvalue weighted by molar-refractivity contribution is 5.90. The van der Waals surface area contributed by atoms with E-state index in [4.69, 9.17) is 0 Å². The van der Waals surface area contributed by atoms with E-state index in [0.29, 0.717) is 22.9 Å². The fraction of sp³-hybridized carbons (Fsp3) is 0.190. The summed E-state index contributed by atoms with van der Waals surface area (Å²) in [5.41, 5.74) is 2.11. The van der Waals surface area contributed by atoms with Crippen molar-refractivity contribution in [3.63, 3.8) is 0 Å². The minimum atomic E-state index is -0.502. The number of nitrogens with zero attached hydrogens (tertiary/aromatic N) is 3. The Labute approximate surface area is 167 Å². The number of nitrogens with one attached hydrogen (secondary N) is 1. The second kappa shape index (κ2) is 8.47. The molecule has 8 heteroatoms. The van der Waals surface area contributed by atoms with Gasteiger partial charge in [-0.1, -0.05) is 38.1 Å². The summed E-state index contributed by atoms with van der Waals surface area (Å²) in [5.74, 6) is -0.00725. The quantitative estimate of drug-likeness (QED) is 0.510. The summed E-state index contributed by atoms with van der Waals surface area (Å²) >= 11 is 0. The van der Waals surface area contributed by atoms with Crippen molar-refractivity contribution in [2.24, 2.45) is 0 Å². The van der Waals surface area contributed by atoms with E-state index in [-0.39, 0.29) is 12.2 Å². The highest BCUT2D eigenvalue weighted by Gasteiger charge is 2.11. The number of nitro groups is 1. The van der Waals surface area contributed by atoms with Crippen molar-refractivity contribution in [2.45, 2.75) is 26.3 Å². The molecule has 1 N–H and O–H groups in total. The van der Waals surface area contributed by atoms with E-state index in [0.717, 1.165) is 10.2 Å². The lowest BCUT2D eigenvalue weighted by atomic mass is 10.0. The first-order valence-electron chi connectivity index (χ1n) is 9.06. The van der Waals surface area contributed by atoms with Gasteiger partial charge in [-0.25, -0.2) is 4.68 Å². The highest BCUT2D eigenvalue weighted by atomic mass is 16.6. The number of nitro benzene ring substituents is 1. The molecule has 8 nitrogen and oxygen atoms in total. The maximum Gasteiger partial charge on any atom is 0.270 e. The summed E-state index contributed by atoms with van der Waals surface area (Å²) in [6.07, 6.45) is 0. The second-order valence-electron chi connectivity index (χ2n) is 6.85. The molecular formula is C21H20N4O4. The van der Waals surface area contributed by atoms with Crippen LogP contribution in [0.3, 0.4) is 0 Å². The molecule has 2 aromatic carbocycles. The smallest absolute Gasteiger partial charge is 0.270 e. The number of rotatable bonds is 6. The Hall–Kier alpha value is -3.81. The lowest BCUT2D eigenvalue weighted by Gasteiger charge is -2.10. The van der Waals surface area contributed by atoms with E-state index in [1.54, 1.807) is 6.07 Å². The average molecular weight is 392 g/mol. The lowest BCUT2D eigenvalue weighted by molar-refractivity contribution is -0.384. The molecule has 0 aliphatic rings. The zero-order valence-corrected chi connectivity index (χ0v) is 16.0. The zero-order valence-electron chi connectivity index (χ0n) is 16.0. The van der Waals surface area contributed by atoms with Crippen molar-refractivity contribution in [3.05, 3.63) is 86.7 Å². The molecule has 148 valence electrons. The van der Waals surface area contributed by atoms with Crippen LogP contribution in [0.5, 0.6) is 0 Å². The van der Waals surface area contributed by atoms with Crippen molar-refractivity contribution in [2.75, 3.05) is 5.32 Å². The minimum Gasteiger partial charge on any atom is -0.324 e. The average Bonchev–Trinajstić information content (AvgIpc) is 2.70. The first-order valence-corrected chi connectivity index (χ1v) is 9.06. The van der Waals surface area contributed by atoms with Crippen LogP contribution < -0.4 is 10.9 Å². The summed E-state index contributed by atoms with van der Waals surface area (Å²) in [5, 5.41) is 17.9. The molecule has 0 atom stereocenters. The number of carbonyl (C=O) groups excluding carboxylic acids is 1. The van der Waals surface area contributed by atoms with Crippen molar-refractivity contribution in [1.82, 2.24) is 9.78 Å². The van der Waals surface area contributed by atoms with Gasteiger partial charge in [0.15, 0.2) is 0 Å². The van der Waals surface area contributed by atoms with Crippen molar-refractivity contribution in [3.8, 4) is 11.3 Å². The number of hydrogen-bond acceptors (Lipinski definition) is 5. The van der Waals surface area contributed by atoms with Crippen molar-refractivity contribution in [1.29, 1.82) is 0 Å². The highest BCUT2D eigenvalue weighted by Crippen LogP contribution is 2.21. The maximum absolute atomic E-state index is 12.3. The predicted molar refractivity (Wildman–Crippen MR) is 110 cm³/mol. The number of benzene rings is 2. The Kier molecular flexibility index (Phi) is 5.82. The van der Waals surface area contributed by atoms with Crippen LogP contribution in [0.4, 0.5) is 11.4 Å². The Balaban J connectivity index is 1.78. The van der Waals surface area contributed by atoms with Gasteiger partial charge in [-0.3, -0.25) is 19.7 Å². The third-order valence-corrected chi connectivity index (χ3v) is 4.37. The maximum atomic E-state index is 12.3. The molecule has 0 radical (unpaired) electrons. The predicted octanol–water partition coefficient (Wildman–Crippen LogP) is 3.58. The molecule has 0 fully saturated rings. The summed E-state index contributed by atoms with van der Waals surface area (Å²) in [7, 11) is 0. The molecule has 0 unspecified atom stereocenters. The second-order valence-corrected chi connectivity index (χ2v) is 6.85. The van der Waals surface area contributed by atoms with Gasteiger partial charge >= 0.3 is 0 Å². The lowest BCUT2D eigenvalue weighted by Crippen LogP contribution is -2.29. The summed E-state index contributed by atoms with van der Waals surface area (Å²) < 4.78 is 1.03. The Morgan fingerprint density at radius 1 is 1.14 bits per heavy atom. The molecule has 29 heavy (non-hydrogen) atoms. The molecule has 0 saturated carbocycles. The van der Waals surface area contributed by atoms with E-state index in [2.05, 4.69) is 24.3 Å². The zero-order chi connectivity index (χ0) is 21.0. The molecule has 0 aliphatic heterocycles. The first-order chi connectivity index (χ1) is 13.8. The number of anilines is 1. The Morgan fingerprint density at radius 2 is 1.86 bits per heavy atom. The van der Waals surface area contributed by atoms with E-state index < -0.39 is 16.4 Å². The van der Waals surface area contributed by atoms with Crippen LogP contribution in [0.25, 0.3) is 11.3 Å². The van der Waals surface area contributed by atoms with Gasteiger partial charge in [0.25, 0.3) is 11.2 Å².